The van der Waals surface area contributed by atoms with Gasteiger partial charge < -0.3 is 15.8 Å². The first-order valence-corrected chi connectivity index (χ1v) is 7.02. The van der Waals surface area contributed by atoms with Crippen LogP contribution < -0.4 is 15.8 Å². The van der Waals surface area contributed by atoms with E-state index in [1.165, 1.54) is 5.56 Å². The molecule has 5 heteroatoms. The average molecular weight is 280 g/mol. The van der Waals surface area contributed by atoms with Crippen LogP contribution in [0.1, 0.15) is 18.0 Å². The van der Waals surface area contributed by atoms with Crippen molar-refractivity contribution in [3.05, 3.63) is 48.2 Å². The molecule has 0 aliphatic carbocycles. The number of aromatic amines is 1. The van der Waals surface area contributed by atoms with Gasteiger partial charge >= 0.3 is 0 Å². The molecule has 0 saturated carbocycles. The second kappa shape index (κ2) is 4.70. The highest BCUT2D eigenvalue weighted by molar-refractivity contribution is 5.88. The lowest BCUT2D eigenvalue weighted by Crippen LogP contribution is -2.20. The molecular weight excluding hydrogens is 264 g/mol. The van der Waals surface area contributed by atoms with Crippen LogP contribution in [-0.2, 0) is 0 Å². The van der Waals surface area contributed by atoms with Crippen LogP contribution in [0.15, 0.2) is 42.6 Å². The number of nitrogens with zero attached hydrogens (tertiary/aromatic N) is 1. The van der Waals surface area contributed by atoms with Gasteiger partial charge in [0.05, 0.1) is 35.7 Å². The molecule has 0 spiro atoms. The van der Waals surface area contributed by atoms with Gasteiger partial charge in [0, 0.05) is 17.4 Å². The highest BCUT2D eigenvalue weighted by atomic mass is 16.5. The maximum absolute atomic E-state index is 6.15. The van der Waals surface area contributed by atoms with Crippen LogP contribution in [0.4, 0.5) is 11.4 Å². The van der Waals surface area contributed by atoms with E-state index in [2.05, 4.69) is 21.6 Å². The fraction of sp³-hybridized carbons (Fsp3) is 0.188. The molecule has 0 radical (unpaired) electrons. The van der Waals surface area contributed by atoms with Crippen molar-refractivity contribution in [3.63, 3.8) is 0 Å². The third kappa shape index (κ3) is 2.07. The molecule has 4 rings (SSSR count). The summed E-state index contributed by atoms with van der Waals surface area (Å²) in [5.41, 5.74) is 9.95. The minimum Gasteiger partial charge on any atom is -0.493 e. The zero-order chi connectivity index (χ0) is 14.2. The number of nitrogens with two attached hydrogens (primary N) is 1. The maximum Gasteiger partial charge on any atom is 0.124 e. The third-order valence-electron chi connectivity index (χ3n) is 3.90. The van der Waals surface area contributed by atoms with Crippen LogP contribution in [0, 0.1) is 0 Å². The fourth-order valence-electron chi connectivity index (χ4n) is 2.81. The number of H-pyrrole nitrogens is 1. The first-order chi connectivity index (χ1) is 10.3. The minimum absolute atomic E-state index is 0.206. The van der Waals surface area contributed by atoms with Gasteiger partial charge in [-0.05, 0) is 18.2 Å². The molecule has 0 bridgehead atoms. The smallest absolute Gasteiger partial charge is 0.124 e. The van der Waals surface area contributed by atoms with Gasteiger partial charge in [0.15, 0.2) is 0 Å². The predicted octanol–water partition coefficient (Wildman–Crippen LogP) is 3.08. The summed E-state index contributed by atoms with van der Waals surface area (Å²) in [5, 5.41) is 11.6. The number of para-hydroxylation sites is 1. The van der Waals surface area contributed by atoms with Gasteiger partial charge in [0.2, 0.25) is 0 Å². The number of anilines is 2. The summed E-state index contributed by atoms with van der Waals surface area (Å²) in [4.78, 5) is 0. The first kappa shape index (κ1) is 12.1. The Morgan fingerprint density at radius 1 is 1.29 bits per heavy atom. The molecule has 4 N–H and O–H groups in total. The quantitative estimate of drug-likeness (QED) is 0.630. The Kier molecular flexibility index (Phi) is 2.70. The lowest BCUT2D eigenvalue weighted by molar-refractivity contribution is 0.274. The lowest BCUT2D eigenvalue weighted by atomic mass is 10.00. The van der Waals surface area contributed by atoms with Crippen molar-refractivity contribution in [2.24, 2.45) is 0 Å². The number of hydrogen-bond acceptors (Lipinski definition) is 4. The van der Waals surface area contributed by atoms with Crippen molar-refractivity contribution < 1.29 is 4.74 Å². The normalized spacial score (nSPS) is 17.2. The SMILES string of the molecule is Nc1cc2cn[nH]c2cc1NC1CCOc2ccccc21. The van der Waals surface area contributed by atoms with E-state index in [4.69, 9.17) is 10.5 Å². The zero-order valence-corrected chi connectivity index (χ0v) is 11.5. The summed E-state index contributed by atoms with van der Waals surface area (Å²) in [7, 11) is 0. The Labute approximate surface area is 122 Å². The monoisotopic (exact) mass is 280 g/mol. The van der Waals surface area contributed by atoms with Crippen LogP contribution in [0.25, 0.3) is 10.9 Å². The van der Waals surface area contributed by atoms with Crippen LogP contribution in [0.3, 0.4) is 0 Å². The molecule has 3 aromatic rings. The van der Waals surface area contributed by atoms with Gasteiger partial charge in [-0.15, -0.1) is 0 Å². The molecule has 2 heterocycles. The zero-order valence-electron chi connectivity index (χ0n) is 11.5. The Hall–Kier alpha value is -2.69. The molecule has 0 saturated heterocycles. The molecule has 1 aliphatic heterocycles. The second-order valence-electron chi connectivity index (χ2n) is 5.27. The number of ether oxygens (including phenoxy) is 1. The summed E-state index contributed by atoms with van der Waals surface area (Å²) in [6.07, 6.45) is 2.69. The lowest BCUT2D eigenvalue weighted by Gasteiger charge is -2.27. The topological polar surface area (TPSA) is 76.0 Å². The molecule has 5 nitrogen and oxygen atoms in total. The van der Waals surface area contributed by atoms with Crippen molar-refractivity contribution in [2.45, 2.75) is 12.5 Å². The summed E-state index contributed by atoms with van der Waals surface area (Å²) in [6, 6.07) is 12.3. The summed E-state index contributed by atoms with van der Waals surface area (Å²) in [5.74, 6) is 0.947. The predicted molar refractivity (Wildman–Crippen MR) is 83.4 cm³/mol. The molecule has 21 heavy (non-hydrogen) atoms. The minimum atomic E-state index is 0.206. The number of aromatic nitrogens is 2. The van der Waals surface area contributed by atoms with E-state index in [1.807, 2.05) is 30.3 Å². The molecule has 0 fully saturated rings. The van der Waals surface area contributed by atoms with Gasteiger partial charge in [0.1, 0.15) is 5.75 Å². The van der Waals surface area contributed by atoms with Crippen molar-refractivity contribution in [1.82, 2.24) is 10.2 Å². The Balaban J connectivity index is 1.70. The average Bonchev–Trinajstić information content (AvgIpc) is 2.95. The number of hydrogen-bond donors (Lipinski definition) is 3. The number of fused-ring (bicyclic) bond motifs is 2. The Morgan fingerprint density at radius 3 is 3.14 bits per heavy atom. The number of benzene rings is 2. The van der Waals surface area contributed by atoms with Crippen LogP contribution in [-0.4, -0.2) is 16.8 Å². The van der Waals surface area contributed by atoms with Gasteiger partial charge in [-0.25, -0.2) is 0 Å². The number of nitrogens with one attached hydrogen (secondary N) is 2. The molecular formula is C16H16N4O. The van der Waals surface area contributed by atoms with Crippen LogP contribution >= 0.6 is 0 Å². The van der Waals surface area contributed by atoms with E-state index in [0.29, 0.717) is 6.61 Å². The number of nitrogen functional groups attached to an aromatic ring is 1. The van der Waals surface area contributed by atoms with Gasteiger partial charge in [-0.3, -0.25) is 5.10 Å². The van der Waals surface area contributed by atoms with Gasteiger partial charge in [-0.1, -0.05) is 18.2 Å². The van der Waals surface area contributed by atoms with E-state index < -0.39 is 0 Å². The van der Waals surface area contributed by atoms with E-state index in [-0.39, 0.29) is 6.04 Å². The van der Waals surface area contributed by atoms with Crippen molar-refractivity contribution in [2.75, 3.05) is 17.7 Å². The standard InChI is InChI=1S/C16H16N4O/c17-12-7-10-9-18-20-14(10)8-15(12)19-13-5-6-21-16-4-2-1-3-11(13)16/h1-4,7-9,13,19H,5-6,17H2,(H,18,20). The number of rotatable bonds is 2. The van der Waals surface area contributed by atoms with Crippen LogP contribution in [0.2, 0.25) is 0 Å². The summed E-state index contributed by atoms with van der Waals surface area (Å²) < 4.78 is 5.69. The highest BCUT2D eigenvalue weighted by Crippen LogP contribution is 2.36. The van der Waals surface area contributed by atoms with E-state index >= 15 is 0 Å². The van der Waals surface area contributed by atoms with Crippen molar-refractivity contribution in [1.29, 1.82) is 0 Å². The van der Waals surface area contributed by atoms with Crippen LogP contribution in [0.5, 0.6) is 5.75 Å². The highest BCUT2D eigenvalue weighted by Gasteiger charge is 2.21. The molecule has 1 unspecified atom stereocenters. The Bertz CT molecular complexity index is 796. The summed E-state index contributed by atoms with van der Waals surface area (Å²) >= 11 is 0. The van der Waals surface area contributed by atoms with E-state index in [9.17, 15) is 0 Å². The maximum atomic E-state index is 6.15. The first-order valence-electron chi connectivity index (χ1n) is 7.02. The van der Waals surface area contributed by atoms with Gasteiger partial charge in [0.25, 0.3) is 0 Å². The molecule has 1 atom stereocenters. The fourth-order valence-corrected chi connectivity index (χ4v) is 2.81. The largest absolute Gasteiger partial charge is 0.493 e. The van der Waals surface area contributed by atoms with Crippen molar-refractivity contribution >= 4 is 22.3 Å². The van der Waals surface area contributed by atoms with E-state index in [1.54, 1.807) is 6.20 Å². The third-order valence-corrected chi connectivity index (χ3v) is 3.90. The summed E-state index contributed by atoms with van der Waals surface area (Å²) in [6.45, 7) is 0.709. The molecule has 0 amide bonds. The molecule has 1 aliphatic rings. The molecule has 1 aromatic heterocycles. The Morgan fingerprint density at radius 2 is 2.19 bits per heavy atom. The van der Waals surface area contributed by atoms with Crippen molar-refractivity contribution in [3.8, 4) is 5.75 Å². The van der Waals surface area contributed by atoms with E-state index in [0.717, 1.165) is 34.4 Å². The second-order valence-corrected chi connectivity index (χ2v) is 5.27. The van der Waals surface area contributed by atoms with Gasteiger partial charge in [-0.2, -0.15) is 5.10 Å². The molecule has 106 valence electrons. The molecule has 2 aromatic carbocycles.